The van der Waals surface area contributed by atoms with Gasteiger partial charge in [-0.1, -0.05) is 38.1 Å². The Hall–Kier alpha value is -3.16. The molecule has 0 bridgehead atoms. The zero-order valence-electron chi connectivity index (χ0n) is 18.0. The average molecular weight is 418 g/mol. The third-order valence-electron chi connectivity index (χ3n) is 4.04. The summed E-state index contributed by atoms with van der Waals surface area (Å²) in [6.07, 6.45) is 0.357. The summed E-state index contributed by atoms with van der Waals surface area (Å²) < 4.78 is 22.8. The largest absolute Gasteiger partial charge is 0.487 e. The zero-order valence-corrected chi connectivity index (χ0v) is 18.0. The van der Waals surface area contributed by atoms with Crippen molar-refractivity contribution in [3.8, 4) is 23.0 Å². The average Bonchev–Trinajstić information content (AvgIpc) is 2.75. The molecule has 30 heavy (non-hydrogen) atoms. The number of carbonyl (C=O) groups excluding carboxylic acids is 2. The van der Waals surface area contributed by atoms with Crippen molar-refractivity contribution in [3.63, 3.8) is 0 Å². The van der Waals surface area contributed by atoms with Crippen molar-refractivity contribution >= 4 is 23.0 Å². The second-order valence-electron chi connectivity index (χ2n) is 6.36. The molecule has 2 amide bonds. The Morgan fingerprint density at radius 3 is 1.43 bits per heavy atom. The summed E-state index contributed by atoms with van der Waals surface area (Å²) in [5.41, 5.74) is 0. The van der Waals surface area contributed by atoms with Crippen LogP contribution in [-0.2, 0) is 0 Å². The van der Waals surface area contributed by atoms with Gasteiger partial charge in [-0.3, -0.25) is 0 Å². The van der Waals surface area contributed by atoms with Crippen LogP contribution in [0.1, 0.15) is 40.5 Å². The van der Waals surface area contributed by atoms with Gasteiger partial charge in [0.05, 0.1) is 13.2 Å². The van der Waals surface area contributed by atoms with Crippen LogP contribution in [0.4, 0.5) is 9.59 Å². The number of amides is 2. The lowest BCUT2D eigenvalue weighted by molar-refractivity contribution is 0.192. The molecule has 0 aromatic heterocycles. The van der Waals surface area contributed by atoms with Crippen LogP contribution in [0.2, 0.25) is 0 Å². The summed E-state index contributed by atoms with van der Waals surface area (Å²) in [4.78, 5) is 24.6. The van der Waals surface area contributed by atoms with Crippen molar-refractivity contribution in [2.75, 3.05) is 26.3 Å². The maximum atomic E-state index is 12.3. The van der Waals surface area contributed by atoms with E-state index in [4.69, 9.17) is 18.9 Å². The third-order valence-corrected chi connectivity index (χ3v) is 4.04. The number of nitrogens with one attached hydrogen (secondary N) is 2. The lowest BCUT2D eigenvalue weighted by Gasteiger charge is -2.21. The van der Waals surface area contributed by atoms with E-state index in [1.807, 2.05) is 13.8 Å². The summed E-state index contributed by atoms with van der Waals surface area (Å²) in [7, 11) is 0. The molecule has 0 atom stereocenters. The topological polar surface area (TPSA) is 95.1 Å². The van der Waals surface area contributed by atoms with E-state index in [1.165, 1.54) is 0 Å². The molecule has 8 nitrogen and oxygen atoms in total. The molecule has 164 valence electrons. The van der Waals surface area contributed by atoms with Crippen LogP contribution < -0.4 is 29.6 Å². The van der Waals surface area contributed by atoms with E-state index in [9.17, 15) is 9.59 Å². The highest BCUT2D eigenvalue weighted by molar-refractivity contribution is 6.01. The van der Waals surface area contributed by atoms with Crippen LogP contribution in [-0.4, -0.2) is 38.5 Å². The highest BCUT2D eigenvalue weighted by Gasteiger charge is 2.27. The first-order chi connectivity index (χ1) is 14.6. The van der Waals surface area contributed by atoms with Gasteiger partial charge in [-0.2, -0.15) is 0 Å². The first kappa shape index (κ1) is 23.1. The van der Waals surface area contributed by atoms with Crippen molar-refractivity contribution < 1.29 is 28.5 Å². The van der Waals surface area contributed by atoms with Crippen LogP contribution in [0.15, 0.2) is 24.3 Å². The Kier molecular flexibility index (Phi) is 9.05. The Morgan fingerprint density at radius 1 is 0.700 bits per heavy atom. The van der Waals surface area contributed by atoms with Crippen LogP contribution >= 0.6 is 0 Å². The van der Waals surface area contributed by atoms with Gasteiger partial charge in [-0.15, -0.1) is 0 Å². The third kappa shape index (κ3) is 5.68. The second kappa shape index (κ2) is 11.7. The molecule has 0 unspecified atom stereocenters. The summed E-state index contributed by atoms with van der Waals surface area (Å²) in [6, 6.07) is 7.14. The molecule has 0 aliphatic heterocycles. The van der Waals surface area contributed by atoms with Gasteiger partial charge in [-0.05, 0) is 26.7 Å². The van der Waals surface area contributed by atoms with Crippen molar-refractivity contribution in [3.05, 3.63) is 24.3 Å². The minimum Gasteiger partial charge on any atom is -0.487 e. The number of ether oxygens (including phenoxy) is 4. The normalized spacial score (nSPS) is 10.4. The molecule has 0 fully saturated rings. The Balaban J connectivity index is 2.64. The molecule has 0 aliphatic carbocycles. The minimum absolute atomic E-state index is 0.211. The molecule has 8 heteroatoms. The zero-order chi connectivity index (χ0) is 21.9. The number of fused-ring (bicyclic) bond motifs is 1. The van der Waals surface area contributed by atoms with E-state index in [1.54, 1.807) is 38.1 Å². The number of carbonyl (C=O) groups is 2. The first-order valence-electron chi connectivity index (χ1n) is 10.3. The first-order valence-corrected chi connectivity index (χ1v) is 10.3. The lowest BCUT2D eigenvalue weighted by atomic mass is 10.1. The summed E-state index contributed by atoms with van der Waals surface area (Å²) in [5, 5.41) is 6.50. The highest BCUT2D eigenvalue weighted by atomic mass is 16.6. The van der Waals surface area contributed by atoms with Crippen molar-refractivity contribution in [2.24, 2.45) is 0 Å². The molecule has 2 aromatic rings. The molecule has 0 radical (unpaired) electrons. The summed E-state index contributed by atoms with van der Waals surface area (Å²) in [6.45, 7) is 9.07. The summed E-state index contributed by atoms with van der Waals surface area (Å²) in [5.74, 6) is 0.850. The molecular weight excluding hydrogens is 388 g/mol. The van der Waals surface area contributed by atoms with Crippen LogP contribution in [0, 0.1) is 0 Å². The quantitative estimate of drug-likeness (QED) is 0.584. The van der Waals surface area contributed by atoms with Crippen molar-refractivity contribution in [2.45, 2.75) is 40.5 Å². The van der Waals surface area contributed by atoms with Crippen LogP contribution in [0.3, 0.4) is 0 Å². The molecule has 0 saturated heterocycles. The summed E-state index contributed by atoms with van der Waals surface area (Å²) >= 11 is 0. The molecule has 0 aliphatic rings. The Labute approximate surface area is 176 Å². The molecule has 2 N–H and O–H groups in total. The molecule has 0 heterocycles. The maximum absolute atomic E-state index is 12.3. The number of rotatable bonds is 10. The highest BCUT2D eigenvalue weighted by Crippen LogP contribution is 2.51. The monoisotopic (exact) mass is 418 g/mol. The second-order valence-corrected chi connectivity index (χ2v) is 6.36. The molecule has 2 rings (SSSR count). The van der Waals surface area contributed by atoms with Crippen LogP contribution in [0.25, 0.3) is 10.8 Å². The van der Waals surface area contributed by atoms with E-state index in [0.29, 0.717) is 37.1 Å². The number of hydrogen-bond donors (Lipinski definition) is 2. The molecule has 0 spiro atoms. The van der Waals surface area contributed by atoms with Gasteiger partial charge in [0.15, 0.2) is 11.5 Å². The fraction of sp³-hybridized carbons (Fsp3) is 0.455. The standard InChI is InChI=1S/C22H30N2O6/c1-5-13-23-21(25)29-17-15-11-9-10-12-16(15)18(30-22(26)24-14-6-2)20(28-8-4)19(17)27-7-3/h9-12H,5-8,13-14H2,1-4H3,(H,23,25)(H,24,26). The van der Waals surface area contributed by atoms with Gasteiger partial charge in [0, 0.05) is 23.9 Å². The minimum atomic E-state index is -0.597. The van der Waals surface area contributed by atoms with Crippen LogP contribution in [0.5, 0.6) is 23.0 Å². The number of hydrogen-bond acceptors (Lipinski definition) is 6. The van der Waals surface area contributed by atoms with E-state index in [-0.39, 0.29) is 23.0 Å². The maximum Gasteiger partial charge on any atom is 0.412 e. The number of benzene rings is 2. The van der Waals surface area contributed by atoms with Gasteiger partial charge >= 0.3 is 12.2 Å². The smallest absolute Gasteiger partial charge is 0.412 e. The van der Waals surface area contributed by atoms with Crippen molar-refractivity contribution in [1.29, 1.82) is 0 Å². The Morgan fingerprint density at radius 2 is 1.10 bits per heavy atom. The van der Waals surface area contributed by atoms with E-state index < -0.39 is 12.2 Å². The predicted molar refractivity (Wildman–Crippen MR) is 115 cm³/mol. The SMILES string of the molecule is CCCNC(=O)Oc1c(OCC)c(OCC)c(OC(=O)NCCC)c2ccccc12. The van der Waals surface area contributed by atoms with E-state index in [0.717, 1.165) is 12.8 Å². The fourth-order valence-electron chi connectivity index (χ4n) is 2.80. The van der Waals surface area contributed by atoms with E-state index in [2.05, 4.69) is 10.6 Å². The lowest BCUT2D eigenvalue weighted by Crippen LogP contribution is -2.28. The van der Waals surface area contributed by atoms with Gasteiger partial charge in [0.25, 0.3) is 0 Å². The van der Waals surface area contributed by atoms with Gasteiger partial charge in [0.2, 0.25) is 11.5 Å². The molecule has 0 saturated carbocycles. The van der Waals surface area contributed by atoms with Gasteiger partial charge in [0.1, 0.15) is 0 Å². The predicted octanol–water partition coefficient (Wildman–Crippen LogP) is 4.63. The van der Waals surface area contributed by atoms with E-state index >= 15 is 0 Å². The van der Waals surface area contributed by atoms with Gasteiger partial charge in [-0.25, -0.2) is 9.59 Å². The molecule has 2 aromatic carbocycles. The van der Waals surface area contributed by atoms with Crippen molar-refractivity contribution in [1.82, 2.24) is 10.6 Å². The fourth-order valence-corrected chi connectivity index (χ4v) is 2.80. The molecular formula is C22H30N2O6. The Bertz CT molecular complexity index is 798. The van der Waals surface area contributed by atoms with Gasteiger partial charge < -0.3 is 29.6 Å².